The molecule has 382 valence electrons. The van der Waals surface area contributed by atoms with Crippen molar-refractivity contribution in [2.45, 2.75) is 221 Å². The normalized spacial score (nSPS) is 13.7. The van der Waals surface area contributed by atoms with E-state index in [-0.39, 0.29) is 44.7 Å². The van der Waals surface area contributed by atoms with Crippen molar-refractivity contribution >= 4 is 0 Å². The number of hydrogen-bond acceptors (Lipinski definition) is 5. The molecule has 5 nitrogen and oxygen atoms in total. The highest BCUT2D eigenvalue weighted by molar-refractivity contribution is 5.65. The van der Waals surface area contributed by atoms with E-state index in [9.17, 15) is 20.4 Å². The molecule has 0 atom stereocenters. The fraction of sp³-hybridized carbons (Fsp3) is 0.538. The molecule has 4 N–H and O–H groups in total. The summed E-state index contributed by atoms with van der Waals surface area (Å²) in [5, 5.41) is 51.8. The molecule has 0 bridgehead atoms. The van der Waals surface area contributed by atoms with Gasteiger partial charge >= 0.3 is 0 Å². The molecule has 0 aliphatic rings. The molecule has 0 aliphatic carbocycles. The first-order valence-electron chi connectivity index (χ1n) is 25.6. The quantitative estimate of drug-likeness (QED) is 0.122. The Hall–Kier alpha value is -4.90. The minimum absolute atomic E-state index is 0.181. The van der Waals surface area contributed by atoms with Crippen molar-refractivity contribution in [3.05, 3.63) is 145 Å². The zero-order valence-electron chi connectivity index (χ0n) is 48.2. The third-order valence-corrected chi connectivity index (χ3v) is 14.4. The van der Waals surface area contributed by atoms with Crippen LogP contribution in [-0.2, 0) is 43.3 Å². The van der Waals surface area contributed by atoms with E-state index in [1.54, 1.807) is 7.11 Å². The summed E-state index contributed by atoms with van der Waals surface area (Å²) in [7, 11) is 1.67. The van der Waals surface area contributed by atoms with Gasteiger partial charge in [0.05, 0.1) is 7.11 Å². The monoisotopic (exact) mass is 953 g/mol. The maximum Gasteiger partial charge on any atom is 0.123 e. The van der Waals surface area contributed by atoms with E-state index in [0.717, 1.165) is 55.6 Å². The van der Waals surface area contributed by atoms with Gasteiger partial charge in [0.1, 0.15) is 28.7 Å². The largest absolute Gasteiger partial charge is 0.507 e. The van der Waals surface area contributed by atoms with Crippen LogP contribution in [0.25, 0.3) is 0 Å². The lowest BCUT2D eigenvalue weighted by Crippen LogP contribution is -2.21. The molecule has 0 amide bonds. The van der Waals surface area contributed by atoms with Gasteiger partial charge in [0, 0.05) is 34.1 Å². The molecule has 0 heterocycles. The average molecular weight is 953 g/mol. The molecule has 5 aromatic carbocycles. The van der Waals surface area contributed by atoms with E-state index < -0.39 is 33.5 Å². The first-order valence-corrected chi connectivity index (χ1v) is 25.6. The van der Waals surface area contributed by atoms with Gasteiger partial charge in [-0.1, -0.05) is 221 Å². The maximum absolute atomic E-state index is 12.9. The Morgan fingerprint density at radius 2 is 0.486 bits per heavy atom. The van der Waals surface area contributed by atoms with Crippen LogP contribution in [0.3, 0.4) is 0 Å². The lowest BCUT2D eigenvalue weighted by Gasteiger charge is -2.34. The Bertz CT molecular complexity index is 2400. The Morgan fingerprint density at radius 3 is 0.643 bits per heavy atom. The summed E-state index contributed by atoms with van der Waals surface area (Å²) in [4.78, 5) is 0. The van der Waals surface area contributed by atoms with E-state index in [1.807, 2.05) is 12.1 Å². The number of rotatable bonds is 7. The molecule has 0 unspecified atom stereocenters. The third-order valence-electron chi connectivity index (χ3n) is 14.4. The van der Waals surface area contributed by atoms with Crippen LogP contribution in [0.4, 0.5) is 0 Å². The molecule has 5 aromatic rings. The number of ether oxygens (including phenoxy) is 1. The second-order valence-corrected chi connectivity index (χ2v) is 28.8. The maximum atomic E-state index is 12.9. The van der Waals surface area contributed by atoms with Crippen LogP contribution in [0.2, 0.25) is 0 Å². The molecule has 0 saturated carbocycles. The van der Waals surface area contributed by atoms with Crippen molar-refractivity contribution in [2.75, 3.05) is 7.11 Å². The summed E-state index contributed by atoms with van der Waals surface area (Å²) in [6.45, 7) is 51.9. The number of phenolic OH excluding ortho intramolecular Hbond substituents is 4. The summed E-state index contributed by atoms with van der Waals surface area (Å²) in [6.07, 6.45) is 0. The SMILES string of the molecule is COc1cc(C(c2cc(C(C)(C)C)cc(C(C)(C)C)c2O)c2cc(C(C)(C)C)cc(C(C)(C)C)c2O)cc(C(c2cc(C(C)(C)C)cc(C(C)(C)C)c2O)c2cc(C(C)(C)C)cc(C(C)(C)C)c2O)c1. The molecular formula is C65H92O5. The number of aromatic hydroxyl groups is 4. The van der Waals surface area contributed by atoms with Gasteiger partial charge in [-0.3, -0.25) is 0 Å². The highest BCUT2D eigenvalue weighted by Crippen LogP contribution is 2.53. The van der Waals surface area contributed by atoms with E-state index in [2.05, 4.69) is 221 Å². The van der Waals surface area contributed by atoms with E-state index in [0.29, 0.717) is 28.0 Å². The van der Waals surface area contributed by atoms with Crippen LogP contribution < -0.4 is 4.74 Å². The fourth-order valence-electron chi connectivity index (χ4n) is 9.68. The zero-order chi connectivity index (χ0) is 53.6. The van der Waals surface area contributed by atoms with E-state index >= 15 is 0 Å². The van der Waals surface area contributed by atoms with Crippen LogP contribution in [-0.4, -0.2) is 27.5 Å². The van der Waals surface area contributed by atoms with Crippen molar-refractivity contribution in [1.82, 2.24) is 0 Å². The van der Waals surface area contributed by atoms with Crippen LogP contribution in [0.15, 0.2) is 66.7 Å². The van der Waals surface area contributed by atoms with Gasteiger partial charge in [0.15, 0.2) is 0 Å². The van der Waals surface area contributed by atoms with Crippen molar-refractivity contribution < 1.29 is 25.2 Å². The molecule has 0 radical (unpaired) electrons. The van der Waals surface area contributed by atoms with Gasteiger partial charge in [-0.25, -0.2) is 0 Å². The van der Waals surface area contributed by atoms with Crippen LogP contribution in [0.1, 0.15) is 256 Å². The lowest BCUT2D eigenvalue weighted by atomic mass is 9.71. The summed E-state index contributed by atoms with van der Waals surface area (Å²) in [5.41, 5.74) is 8.95. The predicted octanol–water partition coefficient (Wildman–Crippen LogP) is 17.3. The Balaban J connectivity index is 2.16. The third kappa shape index (κ3) is 11.6. The van der Waals surface area contributed by atoms with Crippen LogP contribution in [0, 0.1) is 0 Å². The standard InChI is InChI=1S/C65H92O5/c1-58(2,3)39-29-44(54(66)48(33-39)62(13,14)15)52(45-30-40(59(4,5)6)34-49(55(45)67)63(16,17)18)37-26-38(28-43(27-37)70-25)53(46-31-41(60(7,8)9)35-50(56(46)68)64(19,20)21)47-32-42(61(10,11)12)36-51(57(47)69)65(22,23)24/h26-36,52-53,66-69H,1-25H3. The highest BCUT2D eigenvalue weighted by atomic mass is 16.5. The van der Waals surface area contributed by atoms with Gasteiger partial charge in [0.25, 0.3) is 0 Å². The van der Waals surface area contributed by atoms with Crippen LogP contribution >= 0.6 is 0 Å². The molecule has 5 heteroatoms. The minimum Gasteiger partial charge on any atom is -0.507 e. The second-order valence-electron chi connectivity index (χ2n) is 28.8. The average Bonchev–Trinajstić information content (AvgIpc) is 3.16. The van der Waals surface area contributed by atoms with Crippen molar-refractivity contribution in [3.8, 4) is 28.7 Å². The number of methoxy groups -OCH3 is 1. The van der Waals surface area contributed by atoms with Crippen LogP contribution in [0.5, 0.6) is 28.7 Å². The first-order chi connectivity index (χ1) is 31.4. The van der Waals surface area contributed by atoms with Crippen molar-refractivity contribution in [1.29, 1.82) is 0 Å². The predicted molar refractivity (Wildman–Crippen MR) is 297 cm³/mol. The summed E-state index contributed by atoms with van der Waals surface area (Å²) < 4.78 is 6.33. The second kappa shape index (κ2) is 18.3. The molecule has 0 aliphatic heterocycles. The number of phenols is 4. The van der Waals surface area contributed by atoms with Gasteiger partial charge < -0.3 is 25.2 Å². The first kappa shape index (κ1) is 56.0. The molecular weight excluding hydrogens is 861 g/mol. The fourth-order valence-corrected chi connectivity index (χ4v) is 9.68. The Kier molecular flexibility index (Phi) is 14.6. The lowest BCUT2D eigenvalue weighted by molar-refractivity contribution is 0.412. The van der Waals surface area contributed by atoms with E-state index in [1.165, 1.54) is 0 Å². The number of benzene rings is 5. The molecule has 5 rings (SSSR count). The smallest absolute Gasteiger partial charge is 0.123 e. The van der Waals surface area contributed by atoms with Gasteiger partial charge in [-0.15, -0.1) is 0 Å². The molecule has 0 fully saturated rings. The van der Waals surface area contributed by atoms with Gasteiger partial charge in [-0.2, -0.15) is 0 Å². The topological polar surface area (TPSA) is 90.2 Å². The number of hydrogen-bond donors (Lipinski definition) is 4. The summed E-state index contributed by atoms with van der Waals surface area (Å²) in [6, 6.07) is 23.3. The Labute approximate surface area is 425 Å². The van der Waals surface area contributed by atoms with E-state index in [4.69, 9.17) is 4.74 Å². The summed E-state index contributed by atoms with van der Waals surface area (Å²) >= 11 is 0. The summed E-state index contributed by atoms with van der Waals surface area (Å²) in [5.74, 6) is -0.126. The zero-order valence-corrected chi connectivity index (χ0v) is 48.2. The van der Waals surface area contributed by atoms with Crippen molar-refractivity contribution in [2.24, 2.45) is 0 Å². The molecule has 0 aromatic heterocycles. The minimum atomic E-state index is -0.708. The van der Waals surface area contributed by atoms with Gasteiger partial charge in [-0.05, 0) is 111 Å². The molecule has 70 heavy (non-hydrogen) atoms. The highest BCUT2D eigenvalue weighted by Gasteiger charge is 2.38. The van der Waals surface area contributed by atoms with Crippen molar-refractivity contribution in [3.63, 3.8) is 0 Å². The molecule has 0 spiro atoms. The molecule has 0 saturated heterocycles. The van der Waals surface area contributed by atoms with Gasteiger partial charge in [0.2, 0.25) is 0 Å². The Morgan fingerprint density at radius 1 is 0.286 bits per heavy atom.